The van der Waals surface area contributed by atoms with Gasteiger partial charge in [-0.1, -0.05) is 0 Å². The molecule has 3 N–H and O–H groups in total. The van der Waals surface area contributed by atoms with E-state index in [1.165, 1.54) is 7.11 Å². The van der Waals surface area contributed by atoms with Crippen molar-refractivity contribution in [2.45, 2.75) is 25.9 Å². The van der Waals surface area contributed by atoms with Crippen LogP contribution in [-0.2, 0) is 9.53 Å². The van der Waals surface area contributed by atoms with Crippen LogP contribution in [0.5, 0.6) is 5.75 Å². The van der Waals surface area contributed by atoms with Crippen LogP contribution in [0.1, 0.15) is 20.3 Å². The molecule has 0 heterocycles. The van der Waals surface area contributed by atoms with Crippen molar-refractivity contribution in [2.75, 3.05) is 25.3 Å². The number of ether oxygens (including phenoxy) is 2. The number of carbonyl (C=O) groups excluding carboxylic acids is 1. The number of rotatable bonds is 5. The second-order valence-corrected chi connectivity index (χ2v) is 4.65. The van der Waals surface area contributed by atoms with E-state index in [1.54, 1.807) is 25.3 Å². The van der Waals surface area contributed by atoms with Gasteiger partial charge in [-0.15, -0.1) is 0 Å². The number of nitrogens with two attached hydrogens (primary N) is 1. The standard InChI is InChI=1S/C13H20N2O3/c1-13(2,18-4)8-12(16)15-9-5-6-10(14)11(7-9)17-3/h5-7H,8,14H2,1-4H3,(H,15,16). The molecule has 0 fully saturated rings. The van der Waals surface area contributed by atoms with E-state index in [0.717, 1.165) is 0 Å². The monoisotopic (exact) mass is 252 g/mol. The Morgan fingerprint density at radius 1 is 1.39 bits per heavy atom. The predicted octanol–water partition coefficient (Wildman–Crippen LogP) is 2.03. The first-order chi connectivity index (χ1) is 8.38. The first-order valence-corrected chi connectivity index (χ1v) is 5.66. The Hall–Kier alpha value is -1.75. The van der Waals surface area contributed by atoms with Gasteiger partial charge >= 0.3 is 0 Å². The van der Waals surface area contributed by atoms with Crippen LogP contribution in [0.4, 0.5) is 11.4 Å². The SMILES string of the molecule is COc1cc(NC(=O)CC(C)(C)OC)ccc1N. The molecule has 5 heteroatoms. The maximum atomic E-state index is 11.8. The van der Waals surface area contributed by atoms with E-state index in [2.05, 4.69) is 5.32 Å². The topological polar surface area (TPSA) is 73.6 Å². The van der Waals surface area contributed by atoms with Crippen molar-refractivity contribution in [1.82, 2.24) is 0 Å². The third-order valence-electron chi connectivity index (χ3n) is 2.66. The van der Waals surface area contributed by atoms with Gasteiger partial charge in [-0.2, -0.15) is 0 Å². The highest BCUT2D eigenvalue weighted by Gasteiger charge is 2.21. The van der Waals surface area contributed by atoms with Gasteiger partial charge in [0.2, 0.25) is 5.91 Å². The van der Waals surface area contributed by atoms with Gasteiger partial charge in [0.15, 0.2) is 0 Å². The van der Waals surface area contributed by atoms with E-state index < -0.39 is 5.60 Å². The molecule has 0 atom stereocenters. The van der Waals surface area contributed by atoms with Crippen molar-refractivity contribution in [3.8, 4) is 5.75 Å². The molecule has 0 saturated heterocycles. The van der Waals surface area contributed by atoms with Gasteiger partial charge in [0, 0.05) is 18.9 Å². The number of nitrogens with one attached hydrogen (secondary N) is 1. The molecule has 1 rings (SSSR count). The number of anilines is 2. The van der Waals surface area contributed by atoms with Crippen molar-refractivity contribution in [1.29, 1.82) is 0 Å². The van der Waals surface area contributed by atoms with Crippen molar-refractivity contribution in [3.63, 3.8) is 0 Å². The molecular formula is C13H20N2O3. The number of methoxy groups -OCH3 is 2. The van der Waals surface area contributed by atoms with Gasteiger partial charge in [-0.3, -0.25) is 4.79 Å². The summed E-state index contributed by atoms with van der Waals surface area (Å²) in [6, 6.07) is 5.11. The van der Waals surface area contributed by atoms with E-state index in [1.807, 2.05) is 13.8 Å². The number of hydrogen-bond donors (Lipinski definition) is 2. The number of carbonyl (C=O) groups is 1. The maximum absolute atomic E-state index is 11.8. The molecule has 1 amide bonds. The summed E-state index contributed by atoms with van der Waals surface area (Å²) in [7, 11) is 3.12. The third kappa shape index (κ3) is 3.92. The van der Waals surface area contributed by atoms with Crippen LogP contribution in [-0.4, -0.2) is 25.7 Å². The summed E-state index contributed by atoms with van der Waals surface area (Å²) in [5.74, 6) is 0.424. The molecule has 0 aliphatic rings. The van der Waals surface area contributed by atoms with Crippen LogP contribution in [0.3, 0.4) is 0 Å². The summed E-state index contributed by atoms with van der Waals surface area (Å²) < 4.78 is 10.3. The van der Waals surface area contributed by atoms with Gasteiger partial charge in [-0.05, 0) is 26.0 Å². The van der Waals surface area contributed by atoms with Crippen molar-refractivity contribution in [3.05, 3.63) is 18.2 Å². The first kappa shape index (κ1) is 14.3. The molecule has 5 nitrogen and oxygen atoms in total. The molecule has 0 bridgehead atoms. The molecular weight excluding hydrogens is 232 g/mol. The Morgan fingerprint density at radius 2 is 2.06 bits per heavy atom. The lowest BCUT2D eigenvalue weighted by Crippen LogP contribution is -2.29. The normalized spacial score (nSPS) is 11.1. The highest BCUT2D eigenvalue weighted by molar-refractivity contribution is 5.91. The molecule has 0 aliphatic carbocycles. The Bertz CT molecular complexity index is 430. The van der Waals surface area contributed by atoms with E-state index in [4.69, 9.17) is 15.2 Å². The Labute approximate surface area is 107 Å². The smallest absolute Gasteiger partial charge is 0.227 e. The van der Waals surface area contributed by atoms with Crippen molar-refractivity contribution in [2.24, 2.45) is 0 Å². The molecule has 100 valence electrons. The van der Waals surface area contributed by atoms with Gasteiger partial charge in [-0.25, -0.2) is 0 Å². The van der Waals surface area contributed by atoms with Gasteiger partial charge in [0.05, 0.1) is 24.8 Å². The fraction of sp³-hybridized carbons (Fsp3) is 0.462. The van der Waals surface area contributed by atoms with E-state index in [0.29, 0.717) is 17.1 Å². The zero-order chi connectivity index (χ0) is 13.8. The molecule has 1 aromatic carbocycles. The lowest BCUT2D eigenvalue weighted by molar-refractivity contribution is -0.121. The Balaban J connectivity index is 2.70. The third-order valence-corrected chi connectivity index (χ3v) is 2.66. The highest BCUT2D eigenvalue weighted by atomic mass is 16.5. The summed E-state index contributed by atoms with van der Waals surface area (Å²) >= 11 is 0. The van der Waals surface area contributed by atoms with Gasteiger partial charge in [0.1, 0.15) is 5.75 Å². The van der Waals surface area contributed by atoms with Crippen LogP contribution >= 0.6 is 0 Å². The molecule has 0 unspecified atom stereocenters. The molecule has 0 aromatic heterocycles. The highest BCUT2D eigenvalue weighted by Crippen LogP contribution is 2.25. The Morgan fingerprint density at radius 3 is 2.61 bits per heavy atom. The summed E-state index contributed by atoms with van der Waals surface area (Å²) in [4.78, 5) is 11.8. The lowest BCUT2D eigenvalue weighted by Gasteiger charge is -2.22. The average Bonchev–Trinajstić information content (AvgIpc) is 2.31. The van der Waals surface area contributed by atoms with Crippen LogP contribution < -0.4 is 15.8 Å². The van der Waals surface area contributed by atoms with E-state index >= 15 is 0 Å². The predicted molar refractivity (Wildman–Crippen MR) is 71.7 cm³/mol. The van der Waals surface area contributed by atoms with E-state index in [9.17, 15) is 4.79 Å². The summed E-state index contributed by atoms with van der Waals surface area (Å²) in [6.07, 6.45) is 0.274. The number of hydrogen-bond acceptors (Lipinski definition) is 4. The molecule has 1 aromatic rings. The van der Waals surface area contributed by atoms with Gasteiger partial charge < -0.3 is 20.5 Å². The minimum absolute atomic E-state index is 0.117. The van der Waals surface area contributed by atoms with Crippen LogP contribution in [0.25, 0.3) is 0 Å². The number of nitrogen functional groups attached to an aromatic ring is 1. The molecule has 0 radical (unpaired) electrons. The summed E-state index contributed by atoms with van der Waals surface area (Å²) in [5, 5.41) is 2.78. The van der Waals surface area contributed by atoms with Crippen LogP contribution in [0.2, 0.25) is 0 Å². The second kappa shape index (κ2) is 5.73. The van der Waals surface area contributed by atoms with Gasteiger partial charge in [0.25, 0.3) is 0 Å². The second-order valence-electron chi connectivity index (χ2n) is 4.65. The minimum atomic E-state index is -0.484. The maximum Gasteiger partial charge on any atom is 0.227 e. The van der Waals surface area contributed by atoms with E-state index in [-0.39, 0.29) is 12.3 Å². The fourth-order valence-corrected chi connectivity index (χ4v) is 1.45. The zero-order valence-electron chi connectivity index (χ0n) is 11.2. The number of benzene rings is 1. The fourth-order valence-electron chi connectivity index (χ4n) is 1.45. The van der Waals surface area contributed by atoms with Crippen molar-refractivity contribution >= 4 is 17.3 Å². The largest absolute Gasteiger partial charge is 0.495 e. The first-order valence-electron chi connectivity index (χ1n) is 5.66. The summed E-state index contributed by atoms with van der Waals surface area (Å²) in [5.41, 5.74) is 6.40. The Kier molecular flexibility index (Phi) is 4.55. The minimum Gasteiger partial charge on any atom is -0.495 e. The lowest BCUT2D eigenvalue weighted by atomic mass is 10.0. The molecule has 0 spiro atoms. The average molecular weight is 252 g/mol. The molecule has 0 saturated carbocycles. The summed E-state index contributed by atoms with van der Waals surface area (Å²) in [6.45, 7) is 3.71. The van der Waals surface area contributed by atoms with Crippen LogP contribution in [0, 0.1) is 0 Å². The molecule has 0 aliphatic heterocycles. The van der Waals surface area contributed by atoms with Crippen LogP contribution in [0.15, 0.2) is 18.2 Å². The zero-order valence-corrected chi connectivity index (χ0v) is 11.2. The quantitative estimate of drug-likeness (QED) is 0.786. The molecule has 18 heavy (non-hydrogen) atoms. The van der Waals surface area contributed by atoms with Crippen molar-refractivity contribution < 1.29 is 14.3 Å². The number of amides is 1.